The molecule has 3 nitrogen and oxygen atoms in total. The first kappa shape index (κ1) is 9.71. The Hall–Kier alpha value is -1.38. The zero-order chi connectivity index (χ0) is 9.68. The molecule has 0 atom stereocenters. The molecule has 0 amide bonds. The lowest BCUT2D eigenvalue weighted by atomic mass is 10.2. The van der Waals surface area contributed by atoms with E-state index in [9.17, 15) is 0 Å². The van der Waals surface area contributed by atoms with Gasteiger partial charge in [0.25, 0.3) is 0 Å². The van der Waals surface area contributed by atoms with E-state index in [1.807, 2.05) is 31.1 Å². The van der Waals surface area contributed by atoms with Crippen LogP contribution < -0.4 is 0 Å². The molecule has 0 aliphatic heterocycles. The number of aliphatic imine (C=N–C) groups is 1. The summed E-state index contributed by atoms with van der Waals surface area (Å²) in [4.78, 5) is 10.2. The van der Waals surface area contributed by atoms with E-state index in [4.69, 9.17) is 0 Å². The number of pyridine rings is 1. The summed E-state index contributed by atoms with van der Waals surface area (Å²) in [5.74, 6) is 0.771. The van der Waals surface area contributed by atoms with Crippen LogP contribution in [0.4, 0.5) is 5.82 Å². The summed E-state index contributed by atoms with van der Waals surface area (Å²) >= 11 is 0. The Bertz CT molecular complexity index is 292. The van der Waals surface area contributed by atoms with Crippen molar-refractivity contribution in [1.29, 1.82) is 0 Å². The lowest BCUT2D eigenvalue weighted by Crippen LogP contribution is -2.07. The van der Waals surface area contributed by atoms with Gasteiger partial charge in [-0.15, -0.1) is 0 Å². The average Bonchev–Trinajstić information content (AvgIpc) is 2.15. The van der Waals surface area contributed by atoms with E-state index in [0.29, 0.717) is 0 Å². The Labute approximate surface area is 79.1 Å². The van der Waals surface area contributed by atoms with Gasteiger partial charge in [0.1, 0.15) is 0 Å². The predicted octanol–water partition coefficient (Wildman–Crippen LogP) is 1.87. The molecule has 1 aromatic rings. The molecule has 0 unspecified atom stereocenters. The van der Waals surface area contributed by atoms with Crippen molar-refractivity contribution in [2.24, 2.45) is 4.99 Å². The highest BCUT2D eigenvalue weighted by Crippen LogP contribution is 2.09. The van der Waals surface area contributed by atoms with Gasteiger partial charge in [-0.05, 0) is 24.1 Å². The van der Waals surface area contributed by atoms with Crippen LogP contribution in [0.25, 0.3) is 0 Å². The van der Waals surface area contributed by atoms with Crippen molar-refractivity contribution in [3.63, 3.8) is 0 Å². The third-order valence-electron chi connectivity index (χ3n) is 1.64. The Kier molecular flexibility index (Phi) is 3.43. The van der Waals surface area contributed by atoms with Gasteiger partial charge in [-0.2, -0.15) is 0 Å². The molecule has 0 saturated carbocycles. The first-order valence-electron chi connectivity index (χ1n) is 4.38. The van der Waals surface area contributed by atoms with Crippen LogP contribution in [0.5, 0.6) is 0 Å². The molecule has 0 saturated heterocycles. The number of aryl methyl sites for hydroxylation is 1. The minimum atomic E-state index is 0.771. The molecule has 3 heteroatoms. The molecule has 0 bridgehead atoms. The van der Waals surface area contributed by atoms with E-state index >= 15 is 0 Å². The van der Waals surface area contributed by atoms with Crippen LogP contribution >= 0.6 is 0 Å². The van der Waals surface area contributed by atoms with Crippen molar-refractivity contribution in [3.8, 4) is 0 Å². The van der Waals surface area contributed by atoms with Crippen molar-refractivity contribution in [2.75, 3.05) is 14.1 Å². The van der Waals surface area contributed by atoms with Crippen LogP contribution in [0.2, 0.25) is 0 Å². The maximum atomic E-state index is 4.20. The number of nitrogens with zero attached hydrogens (tertiary/aromatic N) is 3. The molecule has 0 spiro atoms. The summed E-state index contributed by atoms with van der Waals surface area (Å²) in [7, 11) is 3.88. The largest absolute Gasteiger partial charge is 0.369 e. The number of rotatable bonds is 3. The smallest absolute Gasteiger partial charge is 0.153 e. The van der Waals surface area contributed by atoms with Gasteiger partial charge in [-0.1, -0.05) is 6.92 Å². The van der Waals surface area contributed by atoms with Crippen LogP contribution in [0.3, 0.4) is 0 Å². The van der Waals surface area contributed by atoms with Gasteiger partial charge in [0.15, 0.2) is 5.82 Å². The summed E-state index contributed by atoms with van der Waals surface area (Å²) in [5.41, 5.74) is 1.26. The normalized spacial score (nSPS) is 10.7. The van der Waals surface area contributed by atoms with Crippen molar-refractivity contribution in [1.82, 2.24) is 9.88 Å². The first-order chi connectivity index (χ1) is 6.22. The van der Waals surface area contributed by atoms with Gasteiger partial charge in [-0.25, -0.2) is 9.98 Å². The molecule has 0 N–H and O–H groups in total. The number of hydrogen-bond acceptors (Lipinski definition) is 2. The van der Waals surface area contributed by atoms with Crippen molar-refractivity contribution in [3.05, 3.63) is 23.9 Å². The third-order valence-corrected chi connectivity index (χ3v) is 1.64. The van der Waals surface area contributed by atoms with Crippen molar-refractivity contribution >= 4 is 12.2 Å². The maximum Gasteiger partial charge on any atom is 0.153 e. The number of aromatic nitrogens is 1. The van der Waals surface area contributed by atoms with Gasteiger partial charge in [-0.3, -0.25) is 0 Å². The third kappa shape index (κ3) is 3.23. The summed E-state index contributed by atoms with van der Waals surface area (Å²) in [6.07, 6.45) is 4.57. The van der Waals surface area contributed by atoms with E-state index in [1.165, 1.54) is 5.56 Å². The Morgan fingerprint density at radius 3 is 2.92 bits per heavy atom. The molecule has 1 heterocycles. The van der Waals surface area contributed by atoms with Crippen LogP contribution in [0.15, 0.2) is 23.3 Å². The van der Waals surface area contributed by atoms with E-state index in [-0.39, 0.29) is 0 Å². The second-order valence-electron chi connectivity index (χ2n) is 3.08. The number of hydrogen-bond donors (Lipinski definition) is 0. The fourth-order valence-corrected chi connectivity index (χ4v) is 0.926. The van der Waals surface area contributed by atoms with Gasteiger partial charge in [0.2, 0.25) is 0 Å². The van der Waals surface area contributed by atoms with E-state index < -0.39 is 0 Å². The predicted molar refractivity (Wildman–Crippen MR) is 55.5 cm³/mol. The molecule has 0 aliphatic carbocycles. The highest BCUT2D eigenvalue weighted by atomic mass is 15.1. The average molecular weight is 177 g/mol. The summed E-state index contributed by atoms with van der Waals surface area (Å²) in [6.45, 7) is 2.12. The van der Waals surface area contributed by atoms with Crippen LogP contribution in [-0.2, 0) is 6.42 Å². The lowest BCUT2D eigenvalue weighted by Gasteiger charge is -2.02. The van der Waals surface area contributed by atoms with Gasteiger partial charge in [0.05, 0.1) is 6.34 Å². The monoisotopic (exact) mass is 177 g/mol. The zero-order valence-electron chi connectivity index (χ0n) is 8.36. The fraction of sp³-hybridized carbons (Fsp3) is 0.400. The van der Waals surface area contributed by atoms with Gasteiger partial charge in [0, 0.05) is 20.3 Å². The molecule has 13 heavy (non-hydrogen) atoms. The summed E-state index contributed by atoms with van der Waals surface area (Å²) < 4.78 is 0. The van der Waals surface area contributed by atoms with Crippen LogP contribution in [-0.4, -0.2) is 30.3 Å². The molecule has 0 fully saturated rings. The van der Waals surface area contributed by atoms with E-state index in [2.05, 4.69) is 16.9 Å². The molecular formula is C10H15N3. The molecule has 0 radical (unpaired) electrons. The maximum absolute atomic E-state index is 4.20. The molecule has 70 valence electrons. The second-order valence-corrected chi connectivity index (χ2v) is 3.08. The van der Waals surface area contributed by atoms with Crippen molar-refractivity contribution in [2.45, 2.75) is 13.3 Å². The summed E-state index contributed by atoms with van der Waals surface area (Å²) in [6, 6.07) is 4.01. The highest BCUT2D eigenvalue weighted by Gasteiger charge is 1.92. The molecule has 0 aromatic carbocycles. The quantitative estimate of drug-likeness (QED) is 0.521. The zero-order valence-corrected chi connectivity index (χ0v) is 8.36. The molecular weight excluding hydrogens is 162 g/mol. The Morgan fingerprint density at radius 1 is 1.54 bits per heavy atom. The fourth-order valence-electron chi connectivity index (χ4n) is 0.926. The van der Waals surface area contributed by atoms with Gasteiger partial charge >= 0.3 is 0 Å². The topological polar surface area (TPSA) is 28.5 Å². The van der Waals surface area contributed by atoms with Crippen LogP contribution in [0.1, 0.15) is 12.5 Å². The SMILES string of the molecule is CCc1ccnc(N=CN(C)C)c1. The minimum absolute atomic E-state index is 0.771. The lowest BCUT2D eigenvalue weighted by molar-refractivity contribution is 0.643. The first-order valence-corrected chi connectivity index (χ1v) is 4.38. The van der Waals surface area contributed by atoms with Crippen LogP contribution in [0, 0.1) is 0 Å². The highest BCUT2D eigenvalue weighted by molar-refractivity contribution is 5.59. The minimum Gasteiger partial charge on any atom is -0.369 e. The standard InChI is InChI=1S/C10H15N3/c1-4-9-5-6-11-10(7-9)12-8-13(2)3/h5-8H,4H2,1-3H3. The van der Waals surface area contributed by atoms with Crippen molar-refractivity contribution < 1.29 is 0 Å². The van der Waals surface area contributed by atoms with Gasteiger partial charge < -0.3 is 4.90 Å². The Morgan fingerprint density at radius 2 is 2.31 bits per heavy atom. The van der Waals surface area contributed by atoms with E-state index in [1.54, 1.807) is 12.5 Å². The second kappa shape index (κ2) is 4.60. The summed E-state index contributed by atoms with van der Waals surface area (Å²) in [5, 5.41) is 0. The Balaban J connectivity index is 2.77. The molecule has 1 rings (SSSR count). The van der Waals surface area contributed by atoms with E-state index in [0.717, 1.165) is 12.2 Å². The molecule has 1 aromatic heterocycles. The molecule has 0 aliphatic rings.